The summed E-state index contributed by atoms with van der Waals surface area (Å²) in [5.74, 6) is 4.20. The summed E-state index contributed by atoms with van der Waals surface area (Å²) in [6.07, 6.45) is 9.44. The molecule has 5 aliphatic rings. The second-order valence-electron chi connectivity index (χ2n) is 9.41. The lowest BCUT2D eigenvalue weighted by molar-refractivity contribution is -0.0564. The zero-order chi connectivity index (χ0) is 19.4. The second-order valence-corrected chi connectivity index (χ2v) is 9.41. The first-order valence-corrected chi connectivity index (χ1v) is 10.7. The number of aromatic nitrogens is 2. The van der Waals surface area contributed by atoms with Crippen LogP contribution in [0.2, 0.25) is 0 Å². The van der Waals surface area contributed by atoms with Crippen LogP contribution < -0.4 is 14.8 Å². The van der Waals surface area contributed by atoms with Gasteiger partial charge in [-0.3, -0.25) is 4.79 Å². The highest BCUT2D eigenvalue weighted by Crippen LogP contribution is 2.61. The number of rotatable bonds is 5. The molecule has 4 bridgehead atoms. The Hall–Kier alpha value is -2.57. The molecule has 7 nitrogen and oxygen atoms in total. The van der Waals surface area contributed by atoms with E-state index in [1.165, 1.54) is 38.5 Å². The molecule has 1 amide bonds. The van der Waals surface area contributed by atoms with Gasteiger partial charge in [-0.1, -0.05) is 5.16 Å². The van der Waals surface area contributed by atoms with E-state index in [0.29, 0.717) is 29.3 Å². The highest BCUT2D eigenvalue weighted by atomic mass is 16.7. The van der Waals surface area contributed by atoms with Gasteiger partial charge in [0.25, 0.3) is 0 Å². The van der Waals surface area contributed by atoms with Crippen molar-refractivity contribution in [2.75, 3.05) is 13.3 Å². The van der Waals surface area contributed by atoms with Gasteiger partial charge in [0.2, 0.25) is 12.6 Å². The van der Waals surface area contributed by atoms with E-state index in [4.69, 9.17) is 14.0 Å². The SMILES string of the molecule is O=C(NCCC12CC3CC(CC(C3)C1)C2)c1nc(-c2ccc3c(c2)OCO3)no1. The number of nitrogens with one attached hydrogen (secondary N) is 1. The molecule has 1 aromatic carbocycles. The maximum atomic E-state index is 12.5. The fraction of sp³-hybridized carbons (Fsp3) is 0.591. The normalized spacial score (nSPS) is 31.2. The molecular formula is C22H25N3O4. The number of ether oxygens (including phenoxy) is 2. The summed E-state index contributed by atoms with van der Waals surface area (Å²) in [6, 6.07) is 5.42. The Morgan fingerprint density at radius 1 is 1.07 bits per heavy atom. The van der Waals surface area contributed by atoms with E-state index >= 15 is 0 Å². The summed E-state index contributed by atoms with van der Waals surface area (Å²) in [4.78, 5) is 16.8. The molecular weight excluding hydrogens is 370 g/mol. The van der Waals surface area contributed by atoms with E-state index in [0.717, 1.165) is 29.7 Å². The zero-order valence-electron chi connectivity index (χ0n) is 16.4. The van der Waals surface area contributed by atoms with E-state index < -0.39 is 0 Å². The first-order chi connectivity index (χ1) is 14.2. The minimum atomic E-state index is -0.297. The Labute approximate surface area is 169 Å². The monoisotopic (exact) mass is 395 g/mol. The highest BCUT2D eigenvalue weighted by molar-refractivity contribution is 5.89. The summed E-state index contributed by atoms with van der Waals surface area (Å²) >= 11 is 0. The van der Waals surface area contributed by atoms with Crippen molar-refractivity contribution in [2.45, 2.75) is 44.9 Å². The molecule has 7 heteroatoms. The number of nitrogens with zero attached hydrogens (tertiary/aromatic N) is 2. The average Bonchev–Trinajstić information content (AvgIpc) is 3.36. The molecule has 4 saturated carbocycles. The lowest BCUT2D eigenvalue weighted by Crippen LogP contribution is -2.47. The molecule has 4 aliphatic carbocycles. The fourth-order valence-corrected chi connectivity index (χ4v) is 6.58. The van der Waals surface area contributed by atoms with Crippen molar-refractivity contribution in [3.8, 4) is 22.9 Å². The minimum absolute atomic E-state index is 0.00294. The van der Waals surface area contributed by atoms with Crippen molar-refractivity contribution in [1.82, 2.24) is 15.5 Å². The van der Waals surface area contributed by atoms with Crippen LogP contribution in [0.3, 0.4) is 0 Å². The van der Waals surface area contributed by atoms with Gasteiger partial charge < -0.3 is 19.3 Å². The smallest absolute Gasteiger partial charge is 0.316 e. The third-order valence-electron chi connectivity index (χ3n) is 7.36. The lowest BCUT2D eigenvalue weighted by atomic mass is 9.49. The summed E-state index contributed by atoms with van der Waals surface area (Å²) in [6.45, 7) is 0.884. The molecule has 1 aliphatic heterocycles. The second kappa shape index (κ2) is 6.47. The van der Waals surface area contributed by atoms with Crippen molar-refractivity contribution in [2.24, 2.45) is 23.2 Å². The minimum Gasteiger partial charge on any atom is -0.454 e. The molecule has 2 heterocycles. The van der Waals surface area contributed by atoms with Crippen molar-refractivity contribution < 1.29 is 18.8 Å². The molecule has 0 atom stereocenters. The van der Waals surface area contributed by atoms with Crippen LogP contribution in [-0.4, -0.2) is 29.4 Å². The maximum Gasteiger partial charge on any atom is 0.316 e. The molecule has 29 heavy (non-hydrogen) atoms. The van der Waals surface area contributed by atoms with E-state index in [2.05, 4.69) is 15.5 Å². The molecule has 4 fully saturated rings. The van der Waals surface area contributed by atoms with Crippen LogP contribution in [-0.2, 0) is 0 Å². The van der Waals surface area contributed by atoms with E-state index in [1.807, 2.05) is 6.07 Å². The van der Waals surface area contributed by atoms with Gasteiger partial charge in [0.1, 0.15) is 0 Å². The topological polar surface area (TPSA) is 86.5 Å². The Bertz CT molecular complexity index is 918. The van der Waals surface area contributed by atoms with Crippen molar-refractivity contribution >= 4 is 5.91 Å². The third-order valence-corrected chi connectivity index (χ3v) is 7.36. The van der Waals surface area contributed by atoms with Gasteiger partial charge >= 0.3 is 11.8 Å². The number of benzene rings is 1. The van der Waals surface area contributed by atoms with Gasteiger partial charge in [-0.2, -0.15) is 4.98 Å². The summed E-state index contributed by atoms with van der Waals surface area (Å²) in [5, 5.41) is 6.95. The molecule has 1 N–H and O–H groups in total. The quantitative estimate of drug-likeness (QED) is 0.829. The van der Waals surface area contributed by atoms with Crippen LogP contribution in [0.15, 0.2) is 22.7 Å². The largest absolute Gasteiger partial charge is 0.454 e. The molecule has 7 rings (SSSR count). The first kappa shape index (κ1) is 17.3. The Balaban J connectivity index is 1.09. The molecule has 2 aromatic rings. The Kier molecular flexibility index (Phi) is 3.86. The van der Waals surface area contributed by atoms with Crippen LogP contribution >= 0.6 is 0 Å². The van der Waals surface area contributed by atoms with Crippen LogP contribution in [0.5, 0.6) is 11.5 Å². The Morgan fingerprint density at radius 2 is 1.79 bits per heavy atom. The van der Waals surface area contributed by atoms with Crippen LogP contribution in [0.25, 0.3) is 11.4 Å². The van der Waals surface area contributed by atoms with Gasteiger partial charge in [0.05, 0.1) is 0 Å². The van der Waals surface area contributed by atoms with Crippen LogP contribution in [0.4, 0.5) is 0 Å². The summed E-state index contributed by atoms with van der Waals surface area (Å²) < 4.78 is 15.9. The predicted molar refractivity (Wildman–Crippen MR) is 103 cm³/mol. The summed E-state index contributed by atoms with van der Waals surface area (Å²) in [7, 11) is 0. The molecule has 0 radical (unpaired) electrons. The molecule has 0 saturated heterocycles. The Morgan fingerprint density at radius 3 is 2.55 bits per heavy atom. The number of hydrogen-bond donors (Lipinski definition) is 1. The van der Waals surface area contributed by atoms with Gasteiger partial charge in [-0.05, 0) is 86.3 Å². The van der Waals surface area contributed by atoms with E-state index in [9.17, 15) is 4.79 Å². The standard InChI is InChI=1S/C22H25N3O4/c26-20(23-4-3-22-9-13-5-14(10-22)7-15(6-13)11-22)21-24-19(25-29-21)16-1-2-17-18(8-16)28-12-27-17/h1-2,8,13-15H,3-7,9-12H2,(H,23,26). The number of fused-ring (bicyclic) bond motifs is 1. The summed E-state index contributed by atoms with van der Waals surface area (Å²) in [5.41, 5.74) is 1.18. The highest BCUT2D eigenvalue weighted by Gasteiger charge is 2.50. The maximum absolute atomic E-state index is 12.5. The van der Waals surface area contributed by atoms with E-state index in [-0.39, 0.29) is 18.6 Å². The molecule has 1 aromatic heterocycles. The third kappa shape index (κ3) is 3.07. The molecule has 152 valence electrons. The average molecular weight is 395 g/mol. The zero-order valence-corrected chi connectivity index (χ0v) is 16.4. The predicted octanol–water partition coefficient (Wildman–Crippen LogP) is 3.80. The van der Waals surface area contributed by atoms with Crippen LogP contribution in [0.1, 0.15) is 55.6 Å². The van der Waals surface area contributed by atoms with Gasteiger partial charge in [-0.15, -0.1) is 0 Å². The van der Waals surface area contributed by atoms with Crippen molar-refractivity contribution in [3.05, 3.63) is 24.1 Å². The molecule has 0 unspecified atom stereocenters. The van der Waals surface area contributed by atoms with Gasteiger partial charge in [-0.25, -0.2) is 0 Å². The van der Waals surface area contributed by atoms with Crippen molar-refractivity contribution in [1.29, 1.82) is 0 Å². The number of carbonyl (C=O) groups excluding carboxylic acids is 1. The number of amides is 1. The first-order valence-electron chi connectivity index (χ1n) is 10.7. The fourth-order valence-electron chi connectivity index (χ4n) is 6.58. The van der Waals surface area contributed by atoms with Gasteiger partial charge in [0.15, 0.2) is 11.5 Å². The van der Waals surface area contributed by atoms with E-state index in [1.54, 1.807) is 12.1 Å². The number of carbonyl (C=O) groups is 1. The van der Waals surface area contributed by atoms with Crippen LogP contribution in [0, 0.1) is 23.2 Å². The molecule has 0 spiro atoms. The van der Waals surface area contributed by atoms with Gasteiger partial charge in [0, 0.05) is 12.1 Å². The number of hydrogen-bond acceptors (Lipinski definition) is 6. The van der Waals surface area contributed by atoms with Crippen molar-refractivity contribution in [3.63, 3.8) is 0 Å². The lowest BCUT2D eigenvalue weighted by Gasteiger charge is -2.57.